The van der Waals surface area contributed by atoms with Crippen LogP contribution in [0.5, 0.6) is 5.88 Å². The van der Waals surface area contributed by atoms with Gasteiger partial charge in [0.1, 0.15) is 10.3 Å². The Morgan fingerprint density at radius 2 is 1.82 bits per heavy atom. The van der Waals surface area contributed by atoms with Crippen LogP contribution in [-0.2, 0) is 24.2 Å². The van der Waals surface area contributed by atoms with Crippen LogP contribution in [0.25, 0.3) is 10.3 Å². The van der Waals surface area contributed by atoms with Crippen molar-refractivity contribution in [2.24, 2.45) is 5.92 Å². The van der Waals surface area contributed by atoms with Crippen molar-refractivity contribution in [2.75, 3.05) is 25.6 Å². The Morgan fingerprint density at radius 3 is 2.50 bits per heavy atom. The first kappa shape index (κ1) is 31.5. The number of esters is 1. The molecule has 232 valence electrons. The van der Waals surface area contributed by atoms with E-state index >= 15 is 0 Å². The summed E-state index contributed by atoms with van der Waals surface area (Å²) in [4.78, 5) is 39.6. The first-order chi connectivity index (χ1) is 21.3. The predicted octanol–water partition coefficient (Wildman–Crippen LogP) is 5.02. The maximum Gasteiger partial charge on any atom is 0.319 e. The summed E-state index contributed by atoms with van der Waals surface area (Å²) in [5, 5.41) is 4.93. The standard InChI is InChI=1S/C31H35N5O6S2/c1-3-42-27(37)19-33-30(25-10-6-7-17-32-25)44(39,40)22-13-11-21(12-14-22)23(18-20-8-4-5-9-20)28(38)36-31-34-24-15-16-26(41-2)35-29(24)43-31/h6-7,10-17,20,23,30,33H,3-5,8-9,18-19H2,1-2H3,(H,34,36,38). The van der Waals surface area contributed by atoms with Gasteiger partial charge in [-0.25, -0.2) is 18.4 Å². The second kappa shape index (κ2) is 14.2. The molecule has 11 nitrogen and oxygen atoms in total. The molecule has 1 amide bonds. The molecule has 0 spiro atoms. The zero-order valence-corrected chi connectivity index (χ0v) is 26.2. The summed E-state index contributed by atoms with van der Waals surface area (Å²) in [6.07, 6.45) is 6.52. The van der Waals surface area contributed by atoms with E-state index in [2.05, 4.69) is 25.6 Å². The van der Waals surface area contributed by atoms with Crippen molar-refractivity contribution >= 4 is 48.5 Å². The molecule has 1 aromatic carbocycles. The van der Waals surface area contributed by atoms with Gasteiger partial charge in [-0.2, -0.15) is 0 Å². The number of rotatable bonds is 13. The van der Waals surface area contributed by atoms with Crippen LogP contribution in [0.4, 0.5) is 5.13 Å². The van der Waals surface area contributed by atoms with E-state index in [1.165, 1.54) is 29.7 Å². The molecule has 0 aliphatic heterocycles. The summed E-state index contributed by atoms with van der Waals surface area (Å²) in [7, 11) is -2.48. The fourth-order valence-corrected chi connectivity index (χ4v) is 7.83. The smallest absolute Gasteiger partial charge is 0.319 e. The number of aromatic nitrogens is 3. The molecule has 0 radical (unpaired) electrons. The lowest BCUT2D eigenvalue weighted by molar-refractivity contribution is -0.142. The van der Waals surface area contributed by atoms with Gasteiger partial charge in [-0.1, -0.05) is 55.2 Å². The van der Waals surface area contributed by atoms with E-state index in [1.54, 1.807) is 56.5 Å². The monoisotopic (exact) mass is 637 g/mol. The van der Waals surface area contributed by atoms with E-state index in [4.69, 9.17) is 9.47 Å². The Kier molecular flexibility index (Phi) is 10.2. The number of thiazole rings is 1. The Labute approximate surface area is 260 Å². The van der Waals surface area contributed by atoms with Gasteiger partial charge >= 0.3 is 5.97 Å². The number of carbonyl (C=O) groups is 2. The van der Waals surface area contributed by atoms with Gasteiger partial charge in [-0.3, -0.25) is 19.9 Å². The van der Waals surface area contributed by atoms with Crippen molar-refractivity contribution in [2.45, 2.75) is 55.2 Å². The summed E-state index contributed by atoms with van der Waals surface area (Å²) in [6, 6.07) is 14.9. The summed E-state index contributed by atoms with van der Waals surface area (Å²) in [6.45, 7) is 1.56. The first-order valence-electron chi connectivity index (χ1n) is 14.5. The molecular weight excluding hydrogens is 603 g/mol. The number of ether oxygens (including phenoxy) is 2. The second-order valence-corrected chi connectivity index (χ2v) is 13.6. The number of nitrogens with one attached hydrogen (secondary N) is 2. The average molecular weight is 638 g/mol. The molecule has 1 aliphatic rings. The van der Waals surface area contributed by atoms with Gasteiger partial charge in [0, 0.05) is 12.3 Å². The zero-order valence-electron chi connectivity index (χ0n) is 24.6. The van der Waals surface area contributed by atoms with Crippen molar-refractivity contribution in [3.63, 3.8) is 0 Å². The molecule has 3 heterocycles. The number of hydrogen-bond acceptors (Lipinski definition) is 11. The molecule has 44 heavy (non-hydrogen) atoms. The SMILES string of the molecule is CCOC(=O)CNC(c1ccccn1)S(=O)(=O)c1ccc(C(CC2CCCC2)C(=O)Nc2nc3ccc(OC)nc3s2)cc1. The van der Waals surface area contributed by atoms with Gasteiger partial charge in [0.15, 0.2) is 20.3 Å². The third kappa shape index (κ3) is 7.40. The Balaban J connectivity index is 1.39. The number of sulfone groups is 1. The summed E-state index contributed by atoms with van der Waals surface area (Å²) >= 11 is 1.27. The number of carbonyl (C=O) groups excluding carboxylic acids is 2. The first-order valence-corrected chi connectivity index (χ1v) is 16.9. The lowest BCUT2D eigenvalue weighted by Gasteiger charge is -2.21. The fraction of sp³-hybridized carbons (Fsp3) is 0.387. The molecule has 2 unspecified atom stereocenters. The molecule has 2 atom stereocenters. The van der Waals surface area contributed by atoms with Crippen molar-refractivity contribution in [1.29, 1.82) is 0 Å². The molecule has 1 saturated carbocycles. The second-order valence-electron chi connectivity index (χ2n) is 10.6. The van der Waals surface area contributed by atoms with Crippen molar-refractivity contribution < 1.29 is 27.5 Å². The largest absolute Gasteiger partial charge is 0.481 e. The van der Waals surface area contributed by atoms with Gasteiger partial charge in [0.25, 0.3) is 0 Å². The summed E-state index contributed by atoms with van der Waals surface area (Å²) in [5.41, 5.74) is 1.62. The van der Waals surface area contributed by atoms with Gasteiger partial charge < -0.3 is 14.8 Å². The van der Waals surface area contributed by atoms with E-state index in [9.17, 15) is 18.0 Å². The van der Waals surface area contributed by atoms with E-state index in [0.29, 0.717) is 39.3 Å². The van der Waals surface area contributed by atoms with Crippen LogP contribution in [0.1, 0.15) is 61.6 Å². The Bertz CT molecular complexity index is 1690. The highest BCUT2D eigenvalue weighted by Crippen LogP contribution is 2.36. The van der Waals surface area contributed by atoms with E-state index in [0.717, 1.165) is 25.7 Å². The molecule has 5 rings (SSSR count). The number of nitrogens with zero attached hydrogens (tertiary/aromatic N) is 3. The predicted molar refractivity (Wildman–Crippen MR) is 167 cm³/mol. The third-order valence-electron chi connectivity index (χ3n) is 7.64. The number of fused-ring (bicyclic) bond motifs is 1. The number of amides is 1. The van der Waals surface area contributed by atoms with Crippen LogP contribution in [0.15, 0.2) is 65.7 Å². The quantitative estimate of drug-likeness (QED) is 0.191. The minimum atomic E-state index is -4.03. The lowest BCUT2D eigenvalue weighted by atomic mass is 9.87. The molecular formula is C31H35N5O6S2. The van der Waals surface area contributed by atoms with Crippen LogP contribution in [0.3, 0.4) is 0 Å². The third-order valence-corrected chi connectivity index (χ3v) is 10.5. The lowest BCUT2D eigenvalue weighted by Crippen LogP contribution is -2.34. The highest BCUT2D eigenvalue weighted by molar-refractivity contribution is 7.91. The molecule has 0 bridgehead atoms. The van der Waals surface area contributed by atoms with Crippen molar-refractivity contribution in [1.82, 2.24) is 20.3 Å². The van der Waals surface area contributed by atoms with Crippen LogP contribution < -0.4 is 15.4 Å². The van der Waals surface area contributed by atoms with E-state index in [-0.39, 0.29) is 29.6 Å². The average Bonchev–Trinajstić information content (AvgIpc) is 3.69. The normalized spacial score (nSPS) is 15.1. The van der Waals surface area contributed by atoms with Gasteiger partial charge in [0.2, 0.25) is 11.8 Å². The number of benzene rings is 1. The number of pyridine rings is 2. The zero-order chi connectivity index (χ0) is 31.1. The highest BCUT2D eigenvalue weighted by Gasteiger charge is 2.32. The molecule has 3 aromatic heterocycles. The Hall–Kier alpha value is -3.94. The van der Waals surface area contributed by atoms with Crippen molar-refractivity contribution in [3.8, 4) is 5.88 Å². The van der Waals surface area contributed by atoms with Crippen LogP contribution >= 0.6 is 11.3 Å². The number of hydrogen-bond donors (Lipinski definition) is 2. The van der Waals surface area contributed by atoms with E-state index in [1.807, 2.05) is 0 Å². The van der Waals surface area contributed by atoms with Crippen LogP contribution in [-0.4, -0.2) is 55.5 Å². The van der Waals surface area contributed by atoms with E-state index < -0.39 is 27.1 Å². The Morgan fingerprint density at radius 1 is 1.05 bits per heavy atom. The minimum absolute atomic E-state index is 0.0412. The summed E-state index contributed by atoms with van der Waals surface area (Å²) < 4.78 is 37.8. The van der Waals surface area contributed by atoms with Gasteiger partial charge in [-0.15, -0.1) is 0 Å². The maximum absolute atomic E-state index is 13.8. The number of methoxy groups -OCH3 is 1. The molecule has 2 N–H and O–H groups in total. The number of anilines is 1. The van der Waals surface area contributed by atoms with Crippen LogP contribution in [0.2, 0.25) is 0 Å². The van der Waals surface area contributed by atoms with Crippen molar-refractivity contribution in [3.05, 3.63) is 72.1 Å². The fourth-order valence-electron chi connectivity index (χ4n) is 5.45. The van der Waals surface area contributed by atoms with Gasteiger partial charge in [0.05, 0.1) is 36.8 Å². The molecule has 4 aromatic rings. The summed E-state index contributed by atoms with van der Waals surface area (Å²) in [5.74, 6) is -0.410. The minimum Gasteiger partial charge on any atom is -0.481 e. The molecule has 0 saturated heterocycles. The van der Waals surface area contributed by atoms with Crippen LogP contribution in [0, 0.1) is 5.92 Å². The molecule has 13 heteroatoms. The van der Waals surface area contributed by atoms with Gasteiger partial charge in [-0.05, 0) is 55.2 Å². The molecule has 1 fully saturated rings. The topological polar surface area (TPSA) is 149 Å². The molecule has 1 aliphatic carbocycles. The maximum atomic E-state index is 13.8. The highest BCUT2D eigenvalue weighted by atomic mass is 32.2.